The average molecular weight is 186 g/mol. The van der Waals surface area contributed by atoms with Gasteiger partial charge in [0.1, 0.15) is 0 Å². The van der Waals surface area contributed by atoms with Crippen molar-refractivity contribution in [2.45, 2.75) is 45.6 Å². The van der Waals surface area contributed by atoms with Gasteiger partial charge < -0.3 is 11.5 Å². The Balaban J connectivity index is 3.69. The molecule has 0 aromatic heterocycles. The first-order chi connectivity index (χ1) is 6.13. The summed E-state index contributed by atoms with van der Waals surface area (Å²) in [5.74, 6) is 0.299. The van der Waals surface area contributed by atoms with Crippen LogP contribution in [0.25, 0.3) is 0 Å². The zero-order valence-electron chi connectivity index (χ0n) is 8.75. The van der Waals surface area contributed by atoms with Crippen LogP contribution in [0.5, 0.6) is 0 Å². The second kappa shape index (κ2) is 7.04. The second-order valence-corrected chi connectivity index (χ2v) is 3.60. The molecule has 0 aliphatic rings. The van der Waals surface area contributed by atoms with E-state index >= 15 is 0 Å². The average Bonchev–Trinajstić information content (AvgIpc) is 2.15. The molecule has 0 aromatic carbocycles. The van der Waals surface area contributed by atoms with Gasteiger partial charge in [-0.3, -0.25) is 4.79 Å². The van der Waals surface area contributed by atoms with Crippen LogP contribution < -0.4 is 11.5 Å². The lowest BCUT2D eigenvalue weighted by atomic mass is 9.95. The molecule has 0 aliphatic heterocycles. The molecule has 0 aromatic rings. The van der Waals surface area contributed by atoms with Crippen LogP contribution >= 0.6 is 0 Å². The summed E-state index contributed by atoms with van der Waals surface area (Å²) in [5.41, 5.74) is 11.1. The van der Waals surface area contributed by atoms with Crippen molar-refractivity contribution in [3.05, 3.63) is 0 Å². The number of rotatable bonds is 7. The lowest BCUT2D eigenvalue weighted by Gasteiger charge is -2.14. The summed E-state index contributed by atoms with van der Waals surface area (Å²) in [6, 6.07) is -0.276. The fourth-order valence-corrected chi connectivity index (χ4v) is 1.22. The molecule has 0 amide bonds. The summed E-state index contributed by atoms with van der Waals surface area (Å²) < 4.78 is 0. The first-order valence-corrected chi connectivity index (χ1v) is 5.12. The van der Waals surface area contributed by atoms with Crippen LogP contribution in [0.15, 0.2) is 0 Å². The largest absolute Gasteiger partial charge is 0.330 e. The fourth-order valence-electron chi connectivity index (χ4n) is 1.22. The highest BCUT2D eigenvalue weighted by molar-refractivity contribution is 5.85. The second-order valence-electron chi connectivity index (χ2n) is 3.60. The number of carbonyl (C=O) groups is 1. The van der Waals surface area contributed by atoms with Crippen molar-refractivity contribution >= 4 is 5.78 Å². The van der Waals surface area contributed by atoms with Crippen molar-refractivity contribution in [1.82, 2.24) is 0 Å². The third-order valence-electron chi connectivity index (χ3n) is 2.43. The van der Waals surface area contributed by atoms with E-state index in [1.54, 1.807) is 0 Å². The summed E-state index contributed by atoms with van der Waals surface area (Å²) in [6.07, 6.45) is 3.57. The Hall–Kier alpha value is -0.410. The van der Waals surface area contributed by atoms with E-state index in [4.69, 9.17) is 11.5 Å². The normalized spacial score (nSPS) is 15.4. The van der Waals surface area contributed by atoms with Crippen molar-refractivity contribution in [2.75, 3.05) is 6.54 Å². The van der Waals surface area contributed by atoms with Crippen LogP contribution in [-0.2, 0) is 4.79 Å². The minimum absolute atomic E-state index is 0.105. The Morgan fingerprint density at radius 2 is 2.00 bits per heavy atom. The van der Waals surface area contributed by atoms with E-state index in [-0.39, 0.29) is 17.7 Å². The van der Waals surface area contributed by atoms with Gasteiger partial charge in [-0.05, 0) is 25.8 Å². The molecule has 0 fully saturated rings. The van der Waals surface area contributed by atoms with Gasteiger partial charge in [0.05, 0.1) is 6.04 Å². The summed E-state index contributed by atoms with van der Waals surface area (Å²) in [5, 5.41) is 0. The monoisotopic (exact) mass is 186 g/mol. The molecule has 0 radical (unpaired) electrons. The summed E-state index contributed by atoms with van der Waals surface area (Å²) in [4.78, 5) is 11.5. The van der Waals surface area contributed by atoms with Crippen LogP contribution in [0, 0.1) is 5.92 Å². The molecule has 0 heterocycles. The third-order valence-corrected chi connectivity index (χ3v) is 2.43. The van der Waals surface area contributed by atoms with Crippen molar-refractivity contribution in [2.24, 2.45) is 17.4 Å². The van der Waals surface area contributed by atoms with Gasteiger partial charge in [-0.25, -0.2) is 0 Å². The highest BCUT2D eigenvalue weighted by Gasteiger charge is 2.17. The lowest BCUT2D eigenvalue weighted by Crippen LogP contribution is -2.34. The summed E-state index contributed by atoms with van der Waals surface area (Å²) in [6.45, 7) is 4.63. The molecular weight excluding hydrogens is 164 g/mol. The van der Waals surface area contributed by atoms with Gasteiger partial charge in [0.2, 0.25) is 0 Å². The fraction of sp³-hybridized carbons (Fsp3) is 0.900. The van der Waals surface area contributed by atoms with Gasteiger partial charge in [-0.15, -0.1) is 0 Å². The molecule has 0 saturated heterocycles. The molecule has 78 valence electrons. The van der Waals surface area contributed by atoms with Crippen molar-refractivity contribution in [1.29, 1.82) is 0 Å². The van der Waals surface area contributed by atoms with E-state index in [1.165, 1.54) is 0 Å². The quantitative estimate of drug-likeness (QED) is 0.584. The Morgan fingerprint density at radius 3 is 2.46 bits per heavy atom. The Morgan fingerprint density at radius 1 is 1.38 bits per heavy atom. The van der Waals surface area contributed by atoms with Crippen LogP contribution in [0.4, 0.5) is 0 Å². The number of hydrogen-bond acceptors (Lipinski definition) is 3. The highest BCUT2D eigenvalue weighted by Crippen LogP contribution is 2.08. The van der Waals surface area contributed by atoms with E-state index in [0.29, 0.717) is 6.54 Å². The smallest absolute Gasteiger partial charge is 0.152 e. The molecule has 4 N–H and O–H groups in total. The molecule has 13 heavy (non-hydrogen) atoms. The maximum absolute atomic E-state index is 11.5. The molecule has 3 nitrogen and oxygen atoms in total. The van der Waals surface area contributed by atoms with E-state index < -0.39 is 0 Å². The number of hydrogen-bond donors (Lipinski definition) is 2. The molecule has 2 atom stereocenters. The number of unbranched alkanes of at least 4 members (excludes halogenated alkanes) is 1. The standard InChI is InChI=1S/C10H22N2O/c1-3-8(2)10(13)9(12)6-4-5-7-11/h8-9H,3-7,11-12H2,1-2H3. The minimum atomic E-state index is -0.276. The molecule has 0 spiro atoms. The molecule has 0 aliphatic carbocycles. The Bertz CT molecular complexity index is 148. The van der Waals surface area contributed by atoms with E-state index in [1.807, 2.05) is 13.8 Å². The zero-order chi connectivity index (χ0) is 10.3. The third kappa shape index (κ3) is 5.01. The topological polar surface area (TPSA) is 69.1 Å². The van der Waals surface area contributed by atoms with Crippen molar-refractivity contribution in [3.63, 3.8) is 0 Å². The first-order valence-electron chi connectivity index (χ1n) is 5.12. The van der Waals surface area contributed by atoms with E-state index in [9.17, 15) is 4.79 Å². The molecule has 0 rings (SSSR count). The van der Waals surface area contributed by atoms with Crippen molar-refractivity contribution < 1.29 is 4.79 Å². The minimum Gasteiger partial charge on any atom is -0.330 e. The van der Waals surface area contributed by atoms with Gasteiger partial charge >= 0.3 is 0 Å². The first kappa shape index (κ1) is 12.6. The van der Waals surface area contributed by atoms with E-state index in [2.05, 4.69) is 0 Å². The molecule has 3 heteroatoms. The van der Waals surface area contributed by atoms with E-state index in [0.717, 1.165) is 25.7 Å². The Kier molecular flexibility index (Phi) is 6.82. The summed E-state index contributed by atoms with van der Waals surface area (Å²) >= 11 is 0. The predicted octanol–water partition coefficient (Wildman–Crippen LogP) is 1.06. The van der Waals surface area contributed by atoms with Crippen LogP contribution in [0.2, 0.25) is 0 Å². The SMILES string of the molecule is CCC(C)C(=O)C(N)CCCCN. The van der Waals surface area contributed by atoms with Crippen LogP contribution in [-0.4, -0.2) is 18.4 Å². The summed E-state index contributed by atoms with van der Waals surface area (Å²) in [7, 11) is 0. The maximum Gasteiger partial charge on any atom is 0.152 e. The Labute approximate surface area is 80.9 Å². The van der Waals surface area contributed by atoms with Gasteiger partial charge in [-0.2, -0.15) is 0 Å². The van der Waals surface area contributed by atoms with Gasteiger partial charge in [0.25, 0.3) is 0 Å². The van der Waals surface area contributed by atoms with Crippen molar-refractivity contribution in [3.8, 4) is 0 Å². The highest BCUT2D eigenvalue weighted by atomic mass is 16.1. The molecule has 0 saturated carbocycles. The molecule has 0 bridgehead atoms. The van der Waals surface area contributed by atoms with Gasteiger partial charge in [0, 0.05) is 5.92 Å². The maximum atomic E-state index is 11.5. The van der Waals surface area contributed by atoms with Crippen LogP contribution in [0.3, 0.4) is 0 Å². The predicted molar refractivity (Wildman–Crippen MR) is 55.3 cm³/mol. The number of Topliss-reactive ketones (excluding diaryl/α,β-unsaturated/α-hetero) is 1. The van der Waals surface area contributed by atoms with Crippen LogP contribution in [0.1, 0.15) is 39.5 Å². The molecule has 2 unspecified atom stereocenters. The zero-order valence-corrected chi connectivity index (χ0v) is 8.75. The molecular formula is C10H22N2O. The number of carbonyl (C=O) groups excluding carboxylic acids is 1. The lowest BCUT2D eigenvalue weighted by molar-refractivity contribution is -0.123. The number of nitrogens with two attached hydrogens (primary N) is 2. The van der Waals surface area contributed by atoms with Gasteiger partial charge in [-0.1, -0.05) is 20.3 Å². The van der Waals surface area contributed by atoms with Gasteiger partial charge in [0.15, 0.2) is 5.78 Å². The number of ketones is 1.